The lowest BCUT2D eigenvalue weighted by Gasteiger charge is -2.19. The molecule has 0 aliphatic rings. The fourth-order valence-corrected chi connectivity index (χ4v) is 4.78. The van der Waals surface area contributed by atoms with Crippen LogP contribution in [0, 0.1) is 13.8 Å². The van der Waals surface area contributed by atoms with Crippen LogP contribution in [-0.4, -0.2) is 43.3 Å². The monoisotopic (exact) mass is 470 g/mol. The minimum Gasteiger partial charge on any atom is -0.361 e. The molecule has 0 spiro atoms. The highest BCUT2D eigenvalue weighted by Gasteiger charge is 2.20. The highest BCUT2D eigenvalue weighted by Crippen LogP contribution is 2.30. The predicted octanol–water partition coefficient (Wildman–Crippen LogP) is 4.44. The molecule has 172 valence electrons. The Bertz CT molecular complexity index is 1470. The van der Waals surface area contributed by atoms with Crippen molar-refractivity contribution in [1.29, 1.82) is 0 Å². The molecule has 0 fully saturated rings. The predicted molar refractivity (Wildman–Crippen MR) is 135 cm³/mol. The Labute approximate surface area is 202 Å². The van der Waals surface area contributed by atoms with Crippen molar-refractivity contribution in [2.75, 3.05) is 12.8 Å². The third kappa shape index (κ3) is 4.17. The number of hydrogen-bond acceptors (Lipinski definition) is 5. The highest BCUT2D eigenvalue weighted by atomic mass is 32.2. The zero-order valence-corrected chi connectivity index (χ0v) is 20.2. The number of benzene rings is 2. The Morgan fingerprint density at radius 3 is 2.65 bits per heavy atom. The summed E-state index contributed by atoms with van der Waals surface area (Å²) in [6, 6.07) is 18.6. The molecule has 3 aromatic heterocycles. The molecule has 2 aromatic carbocycles. The highest BCUT2D eigenvalue weighted by molar-refractivity contribution is 7.98. The van der Waals surface area contributed by atoms with Crippen LogP contribution < -0.4 is 5.32 Å². The van der Waals surface area contributed by atoms with E-state index in [2.05, 4.69) is 55.8 Å². The summed E-state index contributed by atoms with van der Waals surface area (Å²) >= 11 is 1.47. The molecule has 7 nitrogen and oxygen atoms in total. The molecule has 0 saturated heterocycles. The number of nitrogens with one attached hydrogen (secondary N) is 2. The first-order chi connectivity index (χ1) is 16.5. The van der Waals surface area contributed by atoms with Crippen molar-refractivity contribution < 1.29 is 4.79 Å². The maximum absolute atomic E-state index is 13.1. The van der Waals surface area contributed by atoms with E-state index >= 15 is 0 Å². The number of carbonyl (C=O) groups is 1. The number of aromatic amines is 1. The number of nitrogens with zero attached hydrogens (tertiary/aromatic N) is 4. The van der Waals surface area contributed by atoms with Gasteiger partial charge in [-0.15, -0.1) is 5.10 Å². The summed E-state index contributed by atoms with van der Waals surface area (Å²) in [6.45, 7) is 4.38. The van der Waals surface area contributed by atoms with Crippen molar-refractivity contribution in [1.82, 2.24) is 29.9 Å². The summed E-state index contributed by atoms with van der Waals surface area (Å²) in [5, 5.41) is 9.50. The Hall–Kier alpha value is -3.65. The Kier molecular flexibility index (Phi) is 6.06. The number of aromatic nitrogens is 5. The molecule has 0 aliphatic heterocycles. The number of carbonyl (C=O) groups excluding carboxylic acids is 1. The van der Waals surface area contributed by atoms with Gasteiger partial charge >= 0.3 is 0 Å². The van der Waals surface area contributed by atoms with E-state index in [4.69, 9.17) is 0 Å². The second-order valence-electron chi connectivity index (χ2n) is 8.31. The maximum atomic E-state index is 13.1. The molecular weight excluding hydrogens is 444 g/mol. The van der Waals surface area contributed by atoms with E-state index in [1.54, 1.807) is 4.52 Å². The van der Waals surface area contributed by atoms with Crippen LogP contribution in [0.15, 0.2) is 66.0 Å². The third-order valence-corrected chi connectivity index (χ3v) is 6.79. The molecule has 0 aliphatic carbocycles. The van der Waals surface area contributed by atoms with Crippen LogP contribution >= 0.6 is 11.8 Å². The van der Waals surface area contributed by atoms with Gasteiger partial charge in [-0.2, -0.15) is 4.98 Å². The first-order valence-electron chi connectivity index (χ1n) is 11.2. The topological polar surface area (TPSA) is 88.0 Å². The first-order valence-corrected chi connectivity index (χ1v) is 12.4. The van der Waals surface area contributed by atoms with Crippen LogP contribution in [0.5, 0.6) is 0 Å². The second kappa shape index (κ2) is 9.30. The fraction of sp³-hybridized carbons (Fsp3) is 0.231. The molecule has 8 heteroatoms. The SMILES string of the molecule is CSc1nc2nc(C)c(CC(=O)NC[C@H](c3ccccc3)c3c[nH]c4ccccc34)c(C)n2n1. The van der Waals surface area contributed by atoms with Gasteiger partial charge in [0, 0.05) is 46.5 Å². The van der Waals surface area contributed by atoms with E-state index in [1.165, 1.54) is 22.7 Å². The quantitative estimate of drug-likeness (QED) is 0.344. The molecule has 1 amide bonds. The number of para-hydroxylation sites is 1. The van der Waals surface area contributed by atoms with Gasteiger partial charge in [0.15, 0.2) is 0 Å². The van der Waals surface area contributed by atoms with E-state index in [0.29, 0.717) is 17.5 Å². The summed E-state index contributed by atoms with van der Waals surface area (Å²) in [6.07, 6.45) is 4.22. The lowest BCUT2D eigenvalue weighted by atomic mass is 9.91. The summed E-state index contributed by atoms with van der Waals surface area (Å²) in [5.41, 5.74) is 6.00. The lowest BCUT2D eigenvalue weighted by Crippen LogP contribution is -2.30. The molecule has 3 heterocycles. The van der Waals surface area contributed by atoms with Gasteiger partial charge in [0.1, 0.15) is 0 Å². The maximum Gasteiger partial charge on any atom is 0.253 e. The minimum absolute atomic E-state index is 0.0311. The number of H-pyrrole nitrogens is 1. The lowest BCUT2D eigenvalue weighted by molar-refractivity contribution is -0.120. The van der Waals surface area contributed by atoms with Crippen molar-refractivity contribution in [3.05, 3.63) is 88.9 Å². The van der Waals surface area contributed by atoms with Gasteiger partial charge in [0.25, 0.3) is 5.78 Å². The van der Waals surface area contributed by atoms with Crippen LogP contribution in [0.3, 0.4) is 0 Å². The number of fused-ring (bicyclic) bond motifs is 2. The molecule has 2 N–H and O–H groups in total. The molecule has 0 saturated carbocycles. The zero-order valence-electron chi connectivity index (χ0n) is 19.4. The number of amides is 1. The van der Waals surface area contributed by atoms with Crippen LogP contribution in [0.2, 0.25) is 0 Å². The number of aryl methyl sites for hydroxylation is 2. The van der Waals surface area contributed by atoms with Crippen LogP contribution in [0.1, 0.15) is 34.0 Å². The minimum atomic E-state index is -0.0432. The fourth-order valence-electron chi connectivity index (χ4n) is 4.45. The van der Waals surface area contributed by atoms with Gasteiger partial charge < -0.3 is 10.3 Å². The molecule has 5 aromatic rings. The van der Waals surface area contributed by atoms with Crippen molar-refractivity contribution >= 4 is 34.3 Å². The van der Waals surface area contributed by atoms with Gasteiger partial charge in [-0.25, -0.2) is 9.50 Å². The Morgan fingerprint density at radius 2 is 1.85 bits per heavy atom. The summed E-state index contributed by atoms with van der Waals surface area (Å²) in [7, 11) is 0. The molecule has 0 radical (unpaired) electrons. The average molecular weight is 471 g/mol. The van der Waals surface area contributed by atoms with Crippen molar-refractivity contribution in [3.8, 4) is 0 Å². The normalized spacial score (nSPS) is 12.3. The molecule has 1 atom stereocenters. The molecule has 0 bridgehead atoms. The zero-order chi connectivity index (χ0) is 23.7. The smallest absolute Gasteiger partial charge is 0.253 e. The van der Waals surface area contributed by atoms with Gasteiger partial charge in [-0.1, -0.05) is 60.3 Å². The Balaban J connectivity index is 1.39. The van der Waals surface area contributed by atoms with Gasteiger partial charge in [0.2, 0.25) is 11.1 Å². The molecule has 0 unspecified atom stereocenters. The van der Waals surface area contributed by atoms with E-state index in [9.17, 15) is 4.79 Å². The van der Waals surface area contributed by atoms with Gasteiger partial charge in [0.05, 0.1) is 6.42 Å². The number of rotatable bonds is 7. The van der Waals surface area contributed by atoms with E-state index in [-0.39, 0.29) is 18.2 Å². The van der Waals surface area contributed by atoms with E-state index in [0.717, 1.165) is 28.0 Å². The largest absolute Gasteiger partial charge is 0.361 e. The van der Waals surface area contributed by atoms with Gasteiger partial charge in [-0.3, -0.25) is 4.79 Å². The summed E-state index contributed by atoms with van der Waals surface area (Å²) in [4.78, 5) is 25.4. The van der Waals surface area contributed by atoms with Crippen molar-refractivity contribution in [2.45, 2.75) is 31.3 Å². The standard InChI is InChI=1S/C26H26N6OS/c1-16-20(17(2)32-25(29-16)30-26(31-32)34-3)13-24(33)28-14-21(18-9-5-4-6-10-18)22-15-27-23-12-8-7-11-19(22)23/h4-12,15,21,27H,13-14H2,1-3H3,(H,28,33)/t21-/m1/s1. The van der Waals surface area contributed by atoms with Crippen LogP contribution in [0.4, 0.5) is 0 Å². The molecular formula is C26H26N6OS. The molecule has 5 rings (SSSR count). The van der Waals surface area contributed by atoms with Crippen molar-refractivity contribution in [2.24, 2.45) is 0 Å². The Morgan fingerprint density at radius 1 is 1.09 bits per heavy atom. The van der Waals surface area contributed by atoms with Crippen molar-refractivity contribution in [3.63, 3.8) is 0 Å². The summed E-state index contributed by atoms with van der Waals surface area (Å²) in [5.74, 6) is 0.550. The second-order valence-corrected chi connectivity index (χ2v) is 9.08. The molecule has 34 heavy (non-hydrogen) atoms. The van der Waals surface area contributed by atoms with E-state index < -0.39 is 0 Å². The number of hydrogen-bond donors (Lipinski definition) is 2. The summed E-state index contributed by atoms with van der Waals surface area (Å²) < 4.78 is 1.72. The third-order valence-electron chi connectivity index (χ3n) is 6.25. The van der Waals surface area contributed by atoms with Gasteiger partial charge in [-0.05, 0) is 37.3 Å². The first kappa shape index (κ1) is 22.2. The van der Waals surface area contributed by atoms with E-state index in [1.807, 2.05) is 50.4 Å². The number of thioether (sulfide) groups is 1. The van der Waals surface area contributed by atoms with Crippen LogP contribution in [0.25, 0.3) is 16.7 Å². The average Bonchev–Trinajstić information content (AvgIpc) is 3.47. The van der Waals surface area contributed by atoms with Crippen LogP contribution in [-0.2, 0) is 11.2 Å².